The maximum Gasteiger partial charge on any atom is 0.236 e. The summed E-state index contributed by atoms with van der Waals surface area (Å²) < 4.78 is 0. The van der Waals surface area contributed by atoms with Crippen LogP contribution in [0.1, 0.15) is 39.5 Å². The molecular formula is C11H22N2O2. The Morgan fingerprint density at radius 2 is 2.13 bits per heavy atom. The van der Waals surface area contributed by atoms with Crippen LogP contribution in [0.3, 0.4) is 0 Å². The summed E-state index contributed by atoms with van der Waals surface area (Å²) in [5, 5.41) is 15.7. The molecular weight excluding hydrogens is 192 g/mol. The SMILES string of the molecule is CCNC(=O)C(C)N[C@H]1CCCC[C@@H]1O. The summed E-state index contributed by atoms with van der Waals surface area (Å²) in [6, 6.07) is -0.140. The molecule has 0 spiro atoms. The van der Waals surface area contributed by atoms with Crippen molar-refractivity contribution < 1.29 is 9.90 Å². The van der Waals surface area contributed by atoms with E-state index in [0.717, 1.165) is 25.7 Å². The van der Waals surface area contributed by atoms with E-state index in [1.807, 2.05) is 13.8 Å². The lowest BCUT2D eigenvalue weighted by Crippen LogP contribution is -2.51. The van der Waals surface area contributed by atoms with Crippen molar-refractivity contribution in [2.75, 3.05) is 6.54 Å². The van der Waals surface area contributed by atoms with Gasteiger partial charge in [-0.15, -0.1) is 0 Å². The summed E-state index contributed by atoms with van der Waals surface area (Å²) in [5.41, 5.74) is 0. The van der Waals surface area contributed by atoms with E-state index >= 15 is 0 Å². The Labute approximate surface area is 91.4 Å². The molecule has 0 aromatic rings. The van der Waals surface area contributed by atoms with Crippen molar-refractivity contribution in [3.8, 4) is 0 Å². The zero-order valence-corrected chi connectivity index (χ0v) is 9.62. The third kappa shape index (κ3) is 3.80. The van der Waals surface area contributed by atoms with Crippen molar-refractivity contribution in [1.82, 2.24) is 10.6 Å². The number of carbonyl (C=O) groups is 1. The maximum absolute atomic E-state index is 11.5. The van der Waals surface area contributed by atoms with Crippen molar-refractivity contribution in [2.45, 2.75) is 57.7 Å². The van der Waals surface area contributed by atoms with Crippen LogP contribution < -0.4 is 10.6 Å². The molecule has 0 bridgehead atoms. The van der Waals surface area contributed by atoms with E-state index < -0.39 is 0 Å². The molecule has 1 saturated carbocycles. The summed E-state index contributed by atoms with van der Waals surface area (Å²) in [6.07, 6.45) is 3.74. The number of nitrogens with one attached hydrogen (secondary N) is 2. The van der Waals surface area contributed by atoms with E-state index in [-0.39, 0.29) is 24.1 Å². The Morgan fingerprint density at radius 3 is 2.73 bits per heavy atom. The van der Waals surface area contributed by atoms with Gasteiger partial charge in [0.1, 0.15) is 0 Å². The molecule has 0 aliphatic heterocycles. The van der Waals surface area contributed by atoms with E-state index in [2.05, 4.69) is 10.6 Å². The van der Waals surface area contributed by atoms with Crippen LogP contribution in [0.15, 0.2) is 0 Å². The monoisotopic (exact) mass is 214 g/mol. The van der Waals surface area contributed by atoms with Crippen LogP contribution in [-0.2, 0) is 4.79 Å². The van der Waals surface area contributed by atoms with Crippen LogP contribution in [0.25, 0.3) is 0 Å². The van der Waals surface area contributed by atoms with Crippen molar-refractivity contribution in [1.29, 1.82) is 0 Å². The number of carbonyl (C=O) groups excluding carboxylic acids is 1. The van der Waals surface area contributed by atoms with Crippen LogP contribution in [0, 0.1) is 0 Å². The Balaban J connectivity index is 2.35. The fraction of sp³-hybridized carbons (Fsp3) is 0.909. The number of aliphatic hydroxyl groups is 1. The quantitative estimate of drug-likeness (QED) is 0.635. The van der Waals surface area contributed by atoms with Crippen molar-refractivity contribution in [2.24, 2.45) is 0 Å². The van der Waals surface area contributed by atoms with Gasteiger partial charge >= 0.3 is 0 Å². The van der Waals surface area contributed by atoms with Gasteiger partial charge in [0.2, 0.25) is 5.91 Å². The molecule has 0 aromatic heterocycles. The summed E-state index contributed by atoms with van der Waals surface area (Å²) in [6.45, 7) is 4.39. The van der Waals surface area contributed by atoms with E-state index in [9.17, 15) is 9.90 Å². The summed E-state index contributed by atoms with van der Waals surface area (Å²) in [5.74, 6) is 0.00951. The zero-order chi connectivity index (χ0) is 11.3. The highest BCUT2D eigenvalue weighted by Gasteiger charge is 2.25. The van der Waals surface area contributed by atoms with Crippen LogP contribution in [0.2, 0.25) is 0 Å². The Bertz CT molecular complexity index is 209. The molecule has 4 nitrogen and oxygen atoms in total. The molecule has 0 saturated heterocycles. The lowest BCUT2D eigenvalue weighted by atomic mass is 9.92. The van der Waals surface area contributed by atoms with Crippen LogP contribution in [-0.4, -0.2) is 35.7 Å². The van der Waals surface area contributed by atoms with Crippen LogP contribution >= 0.6 is 0 Å². The van der Waals surface area contributed by atoms with Gasteiger partial charge in [-0.25, -0.2) is 0 Å². The van der Waals surface area contributed by atoms with Gasteiger partial charge < -0.3 is 15.7 Å². The fourth-order valence-corrected chi connectivity index (χ4v) is 2.03. The number of rotatable bonds is 4. The Morgan fingerprint density at radius 1 is 1.47 bits per heavy atom. The van der Waals surface area contributed by atoms with Crippen molar-refractivity contribution in [3.05, 3.63) is 0 Å². The second-order valence-corrected chi connectivity index (χ2v) is 4.24. The topological polar surface area (TPSA) is 61.4 Å². The smallest absolute Gasteiger partial charge is 0.236 e. The van der Waals surface area contributed by atoms with E-state index in [0.29, 0.717) is 6.54 Å². The molecule has 1 aliphatic rings. The first-order valence-electron chi connectivity index (χ1n) is 5.87. The first-order chi connectivity index (χ1) is 7.15. The minimum Gasteiger partial charge on any atom is -0.392 e. The van der Waals surface area contributed by atoms with Gasteiger partial charge in [-0.2, -0.15) is 0 Å². The second-order valence-electron chi connectivity index (χ2n) is 4.24. The maximum atomic E-state index is 11.5. The summed E-state index contributed by atoms with van der Waals surface area (Å²) >= 11 is 0. The molecule has 1 amide bonds. The molecule has 0 heterocycles. The average molecular weight is 214 g/mol. The highest BCUT2D eigenvalue weighted by Crippen LogP contribution is 2.18. The van der Waals surface area contributed by atoms with E-state index in [1.54, 1.807) is 0 Å². The lowest BCUT2D eigenvalue weighted by Gasteiger charge is -2.30. The van der Waals surface area contributed by atoms with Gasteiger partial charge in [-0.1, -0.05) is 12.8 Å². The second kappa shape index (κ2) is 6.08. The Kier molecular flexibility index (Phi) is 5.05. The van der Waals surface area contributed by atoms with Crippen molar-refractivity contribution >= 4 is 5.91 Å². The molecule has 15 heavy (non-hydrogen) atoms. The molecule has 0 aromatic carbocycles. The third-order valence-electron chi connectivity index (χ3n) is 2.94. The molecule has 1 fully saturated rings. The third-order valence-corrected chi connectivity index (χ3v) is 2.94. The lowest BCUT2D eigenvalue weighted by molar-refractivity contribution is -0.123. The minimum atomic E-state index is -0.296. The van der Waals surface area contributed by atoms with Gasteiger partial charge in [0.05, 0.1) is 12.1 Å². The average Bonchev–Trinajstić information content (AvgIpc) is 2.21. The van der Waals surface area contributed by atoms with Crippen LogP contribution in [0.4, 0.5) is 0 Å². The molecule has 1 unspecified atom stereocenters. The fourth-order valence-electron chi connectivity index (χ4n) is 2.03. The number of hydrogen-bond acceptors (Lipinski definition) is 3. The molecule has 0 radical (unpaired) electrons. The molecule has 3 atom stereocenters. The number of aliphatic hydroxyl groups excluding tert-OH is 1. The van der Waals surface area contributed by atoms with Gasteiger partial charge in [0, 0.05) is 12.6 Å². The minimum absolute atomic E-state index is 0.00951. The van der Waals surface area contributed by atoms with Gasteiger partial charge in [-0.05, 0) is 26.7 Å². The largest absolute Gasteiger partial charge is 0.392 e. The summed E-state index contributed by atoms with van der Waals surface area (Å²) in [7, 11) is 0. The number of likely N-dealkylation sites (N-methyl/N-ethyl adjacent to an activating group) is 1. The molecule has 1 rings (SSSR count). The Hall–Kier alpha value is -0.610. The summed E-state index contributed by atoms with van der Waals surface area (Å²) in [4.78, 5) is 11.5. The van der Waals surface area contributed by atoms with Gasteiger partial charge in [0.25, 0.3) is 0 Å². The van der Waals surface area contributed by atoms with Gasteiger partial charge in [0.15, 0.2) is 0 Å². The van der Waals surface area contributed by atoms with Crippen LogP contribution in [0.5, 0.6) is 0 Å². The highest BCUT2D eigenvalue weighted by atomic mass is 16.3. The predicted octanol–water partition coefficient (Wildman–Crippen LogP) is 0.404. The standard InChI is InChI=1S/C11H22N2O2/c1-3-12-11(15)8(2)13-9-6-4-5-7-10(9)14/h8-10,13-14H,3-7H2,1-2H3,(H,12,15)/t8?,9-,10-/m0/s1. The van der Waals surface area contributed by atoms with E-state index in [1.165, 1.54) is 0 Å². The number of hydrogen-bond donors (Lipinski definition) is 3. The number of amides is 1. The molecule has 3 N–H and O–H groups in total. The first-order valence-corrected chi connectivity index (χ1v) is 5.87. The molecule has 1 aliphatic carbocycles. The molecule has 88 valence electrons. The van der Waals surface area contributed by atoms with Gasteiger partial charge in [-0.3, -0.25) is 4.79 Å². The first kappa shape index (κ1) is 12.5. The normalized spacial score (nSPS) is 28.5. The molecule has 4 heteroatoms. The van der Waals surface area contributed by atoms with E-state index in [4.69, 9.17) is 0 Å². The zero-order valence-electron chi connectivity index (χ0n) is 9.62. The van der Waals surface area contributed by atoms with Crippen molar-refractivity contribution in [3.63, 3.8) is 0 Å². The highest BCUT2D eigenvalue weighted by molar-refractivity contribution is 5.81. The predicted molar refractivity (Wildman–Crippen MR) is 59.5 cm³/mol.